The van der Waals surface area contributed by atoms with Crippen molar-refractivity contribution in [3.8, 4) is 0 Å². The van der Waals surface area contributed by atoms with E-state index < -0.39 is 6.04 Å². The standard InChI is InChI=1S/C15H29N3O2.ClH/c1-11(2)10-12(16)13(19)17-6-8-18(9-7-17)14(20)15(3,4)5;/h11-12H,6-10,16H2,1-5H3;1H/t12-;/m0./s1. The summed E-state index contributed by atoms with van der Waals surface area (Å²) >= 11 is 0. The van der Waals surface area contributed by atoms with Crippen molar-refractivity contribution in [3.63, 3.8) is 0 Å². The molecule has 0 aromatic carbocycles. The minimum atomic E-state index is -0.417. The van der Waals surface area contributed by atoms with E-state index in [1.54, 1.807) is 4.90 Å². The number of halogens is 1. The molecule has 6 heteroatoms. The zero-order valence-corrected chi connectivity index (χ0v) is 14.7. The van der Waals surface area contributed by atoms with Crippen molar-refractivity contribution in [2.75, 3.05) is 26.2 Å². The molecule has 0 bridgehead atoms. The van der Waals surface area contributed by atoms with Gasteiger partial charge in [0.25, 0.3) is 0 Å². The Bertz CT molecular complexity index is 358. The van der Waals surface area contributed by atoms with Gasteiger partial charge in [-0.15, -0.1) is 12.4 Å². The maximum absolute atomic E-state index is 12.2. The molecule has 1 fully saturated rings. The van der Waals surface area contributed by atoms with Crippen LogP contribution in [0.15, 0.2) is 0 Å². The van der Waals surface area contributed by atoms with Gasteiger partial charge in [-0.1, -0.05) is 34.6 Å². The fourth-order valence-corrected chi connectivity index (χ4v) is 2.45. The van der Waals surface area contributed by atoms with Crippen LogP contribution in [0.2, 0.25) is 0 Å². The number of nitrogens with two attached hydrogens (primary N) is 1. The zero-order chi connectivity index (χ0) is 15.5. The molecule has 0 aliphatic carbocycles. The predicted octanol–water partition coefficient (Wildman–Crippen LogP) is 1.50. The average molecular weight is 320 g/mol. The first-order valence-electron chi connectivity index (χ1n) is 7.46. The average Bonchev–Trinajstić information content (AvgIpc) is 2.35. The SMILES string of the molecule is CC(C)C[C@H](N)C(=O)N1CCN(C(=O)C(C)(C)C)CC1.Cl. The van der Waals surface area contributed by atoms with Gasteiger partial charge >= 0.3 is 0 Å². The summed E-state index contributed by atoms with van der Waals surface area (Å²) in [5, 5.41) is 0. The molecule has 0 aromatic heterocycles. The number of hydrogen-bond donors (Lipinski definition) is 1. The molecule has 1 aliphatic heterocycles. The number of amides is 2. The Morgan fingerprint density at radius 1 is 1.05 bits per heavy atom. The zero-order valence-electron chi connectivity index (χ0n) is 13.9. The lowest BCUT2D eigenvalue weighted by Crippen LogP contribution is -2.56. The molecular formula is C15H30ClN3O2. The molecule has 0 saturated carbocycles. The summed E-state index contributed by atoms with van der Waals surface area (Å²) in [6.07, 6.45) is 0.708. The third-order valence-corrected chi connectivity index (χ3v) is 3.56. The predicted molar refractivity (Wildman–Crippen MR) is 87.3 cm³/mol. The van der Waals surface area contributed by atoms with Crippen LogP contribution in [-0.4, -0.2) is 53.8 Å². The minimum absolute atomic E-state index is 0. The molecule has 2 N–H and O–H groups in total. The van der Waals surface area contributed by atoms with Crippen LogP contribution in [0.25, 0.3) is 0 Å². The van der Waals surface area contributed by atoms with Crippen molar-refractivity contribution < 1.29 is 9.59 Å². The number of piperazine rings is 1. The Morgan fingerprint density at radius 3 is 1.86 bits per heavy atom. The Hall–Kier alpha value is -0.810. The van der Waals surface area contributed by atoms with Crippen molar-refractivity contribution in [2.45, 2.75) is 47.1 Å². The van der Waals surface area contributed by atoms with Gasteiger partial charge in [0, 0.05) is 31.6 Å². The number of hydrogen-bond acceptors (Lipinski definition) is 3. The largest absolute Gasteiger partial charge is 0.339 e. The van der Waals surface area contributed by atoms with Crippen molar-refractivity contribution in [1.82, 2.24) is 9.80 Å². The third-order valence-electron chi connectivity index (χ3n) is 3.56. The van der Waals surface area contributed by atoms with E-state index >= 15 is 0 Å². The van der Waals surface area contributed by atoms with Gasteiger partial charge < -0.3 is 15.5 Å². The first-order valence-corrected chi connectivity index (χ1v) is 7.46. The monoisotopic (exact) mass is 319 g/mol. The topological polar surface area (TPSA) is 66.6 Å². The Morgan fingerprint density at radius 2 is 1.48 bits per heavy atom. The van der Waals surface area contributed by atoms with Gasteiger partial charge in [-0.25, -0.2) is 0 Å². The second-order valence-electron chi connectivity index (χ2n) is 7.10. The summed E-state index contributed by atoms with van der Waals surface area (Å²) in [5.74, 6) is 0.579. The van der Waals surface area contributed by atoms with E-state index in [9.17, 15) is 9.59 Å². The molecule has 1 saturated heterocycles. The van der Waals surface area contributed by atoms with Crippen LogP contribution in [0, 0.1) is 11.3 Å². The van der Waals surface area contributed by atoms with E-state index in [2.05, 4.69) is 13.8 Å². The molecule has 124 valence electrons. The van der Waals surface area contributed by atoms with E-state index in [0.29, 0.717) is 38.5 Å². The van der Waals surface area contributed by atoms with Gasteiger partial charge in [-0.05, 0) is 12.3 Å². The van der Waals surface area contributed by atoms with Crippen LogP contribution in [0.1, 0.15) is 41.0 Å². The number of carbonyl (C=O) groups excluding carboxylic acids is 2. The molecule has 1 heterocycles. The Labute approximate surface area is 134 Å². The highest BCUT2D eigenvalue weighted by molar-refractivity contribution is 5.85. The molecule has 1 aliphatic rings. The molecule has 21 heavy (non-hydrogen) atoms. The smallest absolute Gasteiger partial charge is 0.239 e. The summed E-state index contributed by atoms with van der Waals surface area (Å²) in [6, 6.07) is -0.417. The fourth-order valence-electron chi connectivity index (χ4n) is 2.45. The molecule has 1 rings (SSSR count). The lowest BCUT2D eigenvalue weighted by molar-refractivity contribution is -0.145. The summed E-state index contributed by atoms with van der Waals surface area (Å²) in [6.45, 7) is 12.3. The van der Waals surface area contributed by atoms with E-state index in [-0.39, 0.29) is 29.6 Å². The molecule has 1 atom stereocenters. The first-order chi connectivity index (χ1) is 9.12. The second kappa shape index (κ2) is 7.99. The fraction of sp³-hybridized carbons (Fsp3) is 0.867. The molecule has 0 aromatic rings. The van der Waals surface area contributed by atoms with Gasteiger partial charge in [0.05, 0.1) is 6.04 Å². The number of rotatable bonds is 3. The summed E-state index contributed by atoms with van der Waals surface area (Å²) in [7, 11) is 0. The number of carbonyl (C=O) groups is 2. The van der Waals surface area contributed by atoms with E-state index in [1.807, 2.05) is 25.7 Å². The van der Waals surface area contributed by atoms with Crippen LogP contribution in [0.5, 0.6) is 0 Å². The van der Waals surface area contributed by atoms with Crippen LogP contribution in [0.3, 0.4) is 0 Å². The molecular weight excluding hydrogens is 290 g/mol. The lowest BCUT2D eigenvalue weighted by Gasteiger charge is -2.38. The van der Waals surface area contributed by atoms with Gasteiger partial charge in [-0.2, -0.15) is 0 Å². The van der Waals surface area contributed by atoms with Crippen molar-refractivity contribution in [3.05, 3.63) is 0 Å². The van der Waals surface area contributed by atoms with Gasteiger partial charge in [0.1, 0.15) is 0 Å². The first kappa shape index (κ1) is 20.2. The highest BCUT2D eigenvalue weighted by atomic mass is 35.5. The molecule has 0 spiro atoms. The molecule has 0 unspecified atom stereocenters. The van der Waals surface area contributed by atoms with Crippen LogP contribution in [-0.2, 0) is 9.59 Å². The maximum Gasteiger partial charge on any atom is 0.239 e. The summed E-state index contributed by atoms with van der Waals surface area (Å²) in [5.41, 5.74) is 5.58. The van der Waals surface area contributed by atoms with Crippen molar-refractivity contribution in [2.24, 2.45) is 17.1 Å². The van der Waals surface area contributed by atoms with Gasteiger partial charge in [0.2, 0.25) is 11.8 Å². The second-order valence-corrected chi connectivity index (χ2v) is 7.10. The molecule has 0 radical (unpaired) electrons. The lowest BCUT2D eigenvalue weighted by atomic mass is 9.94. The highest BCUT2D eigenvalue weighted by Gasteiger charge is 2.31. The van der Waals surface area contributed by atoms with Crippen molar-refractivity contribution >= 4 is 24.2 Å². The number of nitrogens with zero attached hydrogens (tertiary/aromatic N) is 2. The highest BCUT2D eigenvalue weighted by Crippen LogP contribution is 2.19. The molecule has 2 amide bonds. The quantitative estimate of drug-likeness (QED) is 0.857. The molecule has 5 nitrogen and oxygen atoms in total. The van der Waals surface area contributed by atoms with Gasteiger partial charge in [0.15, 0.2) is 0 Å². The van der Waals surface area contributed by atoms with Crippen LogP contribution >= 0.6 is 12.4 Å². The van der Waals surface area contributed by atoms with Crippen molar-refractivity contribution in [1.29, 1.82) is 0 Å². The Kier molecular flexibility index (Phi) is 7.68. The third kappa shape index (κ3) is 5.83. The maximum atomic E-state index is 12.2. The summed E-state index contributed by atoms with van der Waals surface area (Å²) in [4.78, 5) is 28.0. The van der Waals surface area contributed by atoms with E-state index in [0.717, 1.165) is 0 Å². The van der Waals surface area contributed by atoms with Crippen LogP contribution in [0.4, 0.5) is 0 Å². The Balaban J connectivity index is 0.00000400. The van der Waals surface area contributed by atoms with Gasteiger partial charge in [-0.3, -0.25) is 9.59 Å². The van der Waals surface area contributed by atoms with E-state index in [1.165, 1.54) is 0 Å². The normalized spacial score (nSPS) is 17.5. The van der Waals surface area contributed by atoms with E-state index in [4.69, 9.17) is 5.73 Å². The van der Waals surface area contributed by atoms with Crippen LogP contribution < -0.4 is 5.73 Å². The summed E-state index contributed by atoms with van der Waals surface area (Å²) < 4.78 is 0. The minimum Gasteiger partial charge on any atom is -0.339 e.